The molecule has 2 aromatic rings. The van der Waals surface area contributed by atoms with Crippen LogP contribution < -0.4 is 10.2 Å². The Labute approximate surface area is 171 Å². The average molecular weight is 396 g/mol. The van der Waals surface area contributed by atoms with E-state index in [0.717, 1.165) is 37.6 Å². The van der Waals surface area contributed by atoms with Crippen molar-refractivity contribution in [2.75, 3.05) is 36.5 Å². The highest BCUT2D eigenvalue weighted by molar-refractivity contribution is 5.95. The van der Waals surface area contributed by atoms with E-state index in [1.165, 1.54) is 0 Å². The van der Waals surface area contributed by atoms with Gasteiger partial charge in [0.1, 0.15) is 0 Å². The molecule has 1 fully saturated rings. The van der Waals surface area contributed by atoms with E-state index in [1.54, 1.807) is 6.92 Å². The Morgan fingerprint density at radius 3 is 2.34 bits per heavy atom. The lowest BCUT2D eigenvalue weighted by Gasteiger charge is -2.29. The topological polar surface area (TPSA) is 67.9 Å². The molecule has 154 valence electrons. The van der Waals surface area contributed by atoms with Crippen LogP contribution >= 0.6 is 0 Å². The molecule has 1 aliphatic heterocycles. The number of carbonyl (C=O) groups excluding carboxylic acids is 2. The standard InChI is InChI=1S/C23H28N2O4/c1-3-21(18-7-5-4-6-8-18)23(27)29-17(2)22(26)24-19-9-11-20(12-10-19)25-13-15-28-16-14-25/h4-12,17,21H,3,13-16H2,1-2H3,(H,24,26)/t17-,21+/m0/s1. The van der Waals surface area contributed by atoms with Gasteiger partial charge in [0.25, 0.3) is 5.91 Å². The number of ether oxygens (including phenoxy) is 2. The van der Waals surface area contributed by atoms with Crippen LogP contribution in [-0.4, -0.2) is 44.3 Å². The molecule has 0 bridgehead atoms. The lowest BCUT2D eigenvalue weighted by molar-refractivity contribution is -0.154. The van der Waals surface area contributed by atoms with Crippen LogP contribution in [0.25, 0.3) is 0 Å². The fourth-order valence-corrected chi connectivity index (χ4v) is 3.35. The summed E-state index contributed by atoms with van der Waals surface area (Å²) in [6.45, 7) is 6.69. The van der Waals surface area contributed by atoms with Gasteiger partial charge in [-0.05, 0) is 43.2 Å². The van der Waals surface area contributed by atoms with Crippen LogP contribution in [0.3, 0.4) is 0 Å². The average Bonchev–Trinajstić information content (AvgIpc) is 2.76. The first-order chi connectivity index (χ1) is 14.1. The maximum atomic E-state index is 12.5. The van der Waals surface area contributed by atoms with Crippen LogP contribution in [0, 0.1) is 0 Å². The summed E-state index contributed by atoms with van der Waals surface area (Å²) in [5.41, 5.74) is 2.66. The lowest BCUT2D eigenvalue weighted by Crippen LogP contribution is -2.36. The van der Waals surface area contributed by atoms with Crippen molar-refractivity contribution in [3.8, 4) is 0 Å². The maximum absolute atomic E-state index is 12.5. The molecule has 6 heteroatoms. The number of morpholine rings is 1. The van der Waals surface area contributed by atoms with Crippen LogP contribution in [0.15, 0.2) is 54.6 Å². The van der Waals surface area contributed by atoms with E-state index in [2.05, 4.69) is 10.2 Å². The molecule has 0 saturated carbocycles. The zero-order chi connectivity index (χ0) is 20.6. The van der Waals surface area contributed by atoms with E-state index >= 15 is 0 Å². The summed E-state index contributed by atoms with van der Waals surface area (Å²) in [6.07, 6.45) is -0.264. The van der Waals surface area contributed by atoms with Crippen molar-refractivity contribution in [2.24, 2.45) is 0 Å². The summed E-state index contributed by atoms with van der Waals surface area (Å²) >= 11 is 0. The zero-order valence-electron chi connectivity index (χ0n) is 17.0. The van der Waals surface area contributed by atoms with Gasteiger partial charge in [-0.25, -0.2) is 0 Å². The normalized spacial score (nSPS) is 16.0. The van der Waals surface area contributed by atoms with E-state index in [-0.39, 0.29) is 17.8 Å². The van der Waals surface area contributed by atoms with Gasteiger partial charge in [-0.2, -0.15) is 0 Å². The molecule has 1 aliphatic rings. The molecule has 3 rings (SSSR count). The fraction of sp³-hybridized carbons (Fsp3) is 0.391. The molecule has 2 aromatic carbocycles. The van der Waals surface area contributed by atoms with Gasteiger partial charge < -0.3 is 19.7 Å². The Kier molecular flexibility index (Phi) is 7.25. The quantitative estimate of drug-likeness (QED) is 0.725. The minimum absolute atomic E-state index is 0.347. The lowest BCUT2D eigenvalue weighted by atomic mass is 9.97. The predicted molar refractivity (Wildman–Crippen MR) is 113 cm³/mol. The van der Waals surface area contributed by atoms with Crippen LogP contribution in [0.5, 0.6) is 0 Å². The Balaban J connectivity index is 1.55. The molecule has 6 nitrogen and oxygen atoms in total. The highest BCUT2D eigenvalue weighted by atomic mass is 16.5. The summed E-state index contributed by atoms with van der Waals surface area (Å²) in [5.74, 6) is -1.11. The Morgan fingerprint density at radius 2 is 1.72 bits per heavy atom. The predicted octanol–water partition coefficient (Wildman–Crippen LogP) is 3.59. The van der Waals surface area contributed by atoms with Crippen LogP contribution in [0.4, 0.5) is 11.4 Å². The number of carbonyl (C=O) groups is 2. The molecular formula is C23H28N2O4. The van der Waals surface area contributed by atoms with Gasteiger partial charge in [0.2, 0.25) is 0 Å². The van der Waals surface area contributed by atoms with E-state index in [1.807, 2.05) is 61.5 Å². The molecule has 0 aliphatic carbocycles. The Morgan fingerprint density at radius 1 is 1.07 bits per heavy atom. The zero-order valence-corrected chi connectivity index (χ0v) is 17.0. The van der Waals surface area contributed by atoms with E-state index in [9.17, 15) is 9.59 Å². The summed E-state index contributed by atoms with van der Waals surface area (Å²) in [6, 6.07) is 17.1. The van der Waals surface area contributed by atoms with Gasteiger partial charge in [0.05, 0.1) is 19.1 Å². The van der Waals surface area contributed by atoms with Crippen LogP contribution in [-0.2, 0) is 19.1 Å². The smallest absolute Gasteiger partial charge is 0.314 e. The summed E-state index contributed by atoms with van der Waals surface area (Å²) in [7, 11) is 0. The second-order valence-electron chi connectivity index (χ2n) is 7.09. The molecule has 0 radical (unpaired) electrons. The largest absolute Gasteiger partial charge is 0.452 e. The number of anilines is 2. The third-order valence-electron chi connectivity index (χ3n) is 5.07. The van der Waals surface area contributed by atoms with Crippen molar-refractivity contribution in [1.29, 1.82) is 0 Å². The number of rotatable bonds is 7. The molecule has 1 N–H and O–H groups in total. The summed E-state index contributed by atoms with van der Waals surface area (Å²) < 4.78 is 10.8. The number of nitrogens with zero attached hydrogens (tertiary/aromatic N) is 1. The molecular weight excluding hydrogens is 368 g/mol. The third kappa shape index (κ3) is 5.57. The second-order valence-corrected chi connectivity index (χ2v) is 7.09. The number of esters is 1. The van der Waals surface area contributed by atoms with Crippen molar-refractivity contribution >= 4 is 23.3 Å². The fourth-order valence-electron chi connectivity index (χ4n) is 3.35. The monoisotopic (exact) mass is 396 g/mol. The van der Waals surface area contributed by atoms with E-state index in [4.69, 9.17) is 9.47 Å². The van der Waals surface area contributed by atoms with E-state index < -0.39 is 6.10 Å². The molecule has 29 heavy (non-hydrogen) atoms. The van der Waals surface area contributed by atoms with Crippen LogP contribution in [0.1, 0.15) is 31.7 Å². The molecule has 2 atom stereocenters. The van der Waals surface area contributed by atoms with Crippen molar-refractivity contribution in [1.82, 2.24) is 0 Å². The summed E-state index contributed by atoms with van der Waals surface area (Å²) in [4.78, 5) is 27.3. The van der Waals surface area contributed by atoms with Gasteiger partial charge in [-0.15, -0.1) is 0 Å². The number of benzene rings is 2. The molecule has 0 unspecified atom stereocenters. The molecule has 1 heterocycles. The first-order valence-corrected chi connectivity index (χ1v) is 10.1. The Hall–Kier alpha value is -2.86. The maximum Gasteiger partial charge on any atom is 0.314 e. The van der Waals surface area contributed by atoms with Crippen molar-refractivity contribution in [3.05, 3.63) is 60.2 Å². The van der Waals surface area contributed by atoms with Crippen LogP contribution in [0.2, 0.25) is 0 Å². The van der Waals surface area contributed by atoms with Gasteiger partial charge in [-0.1, -0.05) is 37.3 Å². The summed E-state index contributed by atoms with van der Waals surface area (Å²) in [5, 5.41) is 2.81. The number of hydrogen-bond donors (Lipinski definition) is 1. The number of amides is 1. The van der Waals surface area contributed by atoms with Crippen molar-refractivity contribution < 1.29 is 19.1 Å². The third-order valence-corrected chi connectivity index (χ3v) is 5.07. The molecule has 1 amide bonds. The van der Waals surface area contributed by atoms with E-state index in [0.29, 0.717) is 12.1 Å². The SMILES string of the molecule is CC[C@@H](C(=O)O[C@@H](C)C(=O)Nc1ccc(N2CCOCC2)cc1)c1ccccc1. The molecule has 0 spiro atoms. The Bertz CT molecular complexity index is 801. The van der Waals surface area contributed by atoms with Gasteiger partial charge >= 0.3 is 5.97 Å². The second kappa shape index (κ2) is 10.1. The minimum atomic E-state index is -0.876. The first-order valence-electron chi connectivity index (χ1n) is 10.1. The van der Waals surface area contributed by atoms with Crippen molar-refractivity contribution in [2.45, 2.75) is 32.3 Å². The number of nitrogens with one attached hydrogen (secondary N) is 1. The van der Waals surface area contributed by atoms with Gasteiger partial charge in [0.15, 0.2) is 6.10 Å². The van der Waals surface area contributed by atoms with Crippen molar-refractivity contribution in [3.63, 3.8) is 0 Å². The highest BCUT2D eigenvalue weighted by Crippen LogP contribution is 2.22. The molecule has 0 aromatic heterocycles. The number of hydrogen-bond acceptors (Lipinski definition) is 5. The highest BCUT2D eigenvalue weighted by Gasteiger charge is 2.25. The first kappa shape index (κ1) is 20.9. The van der Waals surface area contributed by atoms with Gasteiger partial charge in [-0.3, -0.25) is 9.59 Å². The van der Waals surface area contributed by atoms with Gasteiger partial charge in [0, 0.05) is 24.5 Å². The minimum Gasteiger partial charge on any atom is -0.452 e. The molecule has 1 saturated heterocycles.